The lowest BCUT2D eigenvalue weighted by molar-refractivity contribution is -0.148. The maximum absolute atomic E-state index is 13.6. The number of carbonyl (C=O) groups is 3. The number of aromatic nitrogens is 1. The van der Waals surface area contributed by atoms with Crippen LogP contribution in [0.15, 0.2) is 59.5 Å². The van der Waals surface area contributed by atoms with Crippen LogP contribution < -0.4 is 10.6 Å². The first-order chi connectivity index (χ1) is 23.1. The molecule has 254 valence electrons. The van der Waals surface area contributed by atoms with Crippen molar-refractivity contribution < 1.29 is 31.9 Å². The lowest BCUT2D eigenvalue weighted by atomic mass is 10.00. The molecule has 6 rings (SSSR count). The van der Waals surface area contributed by atoms with Gasteiger partial charge < -0.3 is 20.3 Å². The van der Waals surface area contributed by atoms with Gasteiger partial charge in [-0.25, -0.2) is 17.8 Å². The van der Waals surface area contributed by atoms with Gasteiger partial charge in [-0.15, -0.1) is 0 Å². The number of hydrogen-bond acceptors (Lipinski definition) is 7. The first-order valence-corrected chi connectivity index (χ1v) is 18.2. The van der Waals surface area contributed by atoms with Crippen molar-refractivity contribution in [2.45, 2.75) is 74.1 Å². The van der Waals surface area contributed by atoms with Crippen LogP contribution >= 0.6 is 0 Å². The van der Waals surface area contributed by atoms with Gasteiger partial charge in [0.1, 0.15) is 17.6 Å². The van der Waals surface area contributed by atoms with E-state index in [1.165, 1.54) is 29.2 Å². The topological polar surface area (TPSA) is 135 Å². The summed E-state index contributed by atoms with van der Waals surface area (Å²) in [6.07, 6.45) is 10.5. The standard InChI is InChI=1S/C36H41FN4O6S/c1-23(30-14-13-29(20-25(30)10-9-24-7-8-24)48(45,46)28-5-3-2-4-6-28)39-36(44)33-22-47-18-17-41(33)34(42)21-38-35(43)32-15-11-26-19-27(37)12-16-31(26)40-32/h9-16,19-20,23-24,28,33H,2-8,17-18,21-22H2,1H3,(H,38,43)(H,39,44)/b10-9+/t23-,33-/m0/s1. The molecular formula is C36H41FN4O6S. The number of nitrogens with one attached hydrogen (secondary N) is 2. The highest BCUT2D eigenvalue weighted by Crippen LogP contribution is 2.34. The normalized spacial score (nSPS) is 19.7. The zero-order valence-electron chi connectivity index (χ0n) is 27.0. The summed E-state index contributed by atoms with van der Waals surface area (Å²) >= 11 is 0. The Kier molecular flexibility index (Phi) is 10.2. The molecule has 3 fully saturated rings. The lowest BCUT2D eigenvalue weighted by Crippen LogP contribution is -2.57. The van der Waals surface area contributed by atoms with Crippen LogP contribution in [0.2, 0.25) is 0 Å². The van der Waals surface area contributed by atoms with Crippen LogP contribution in [0.5, 0.6) is 0 Å². The highest BCUT2D eigenvalue weighted by molar-refractivity contribution is 7.92. The molecule has 2 N–H and O–H groups in total. The average Bonchev–Trinajstić information content (AvgIpc) is 3.94. The Morgan fingerprint density at radius 3 is 2.60 bits per heavy atom. The molecule has 0 bridgehead atoms. The molecule has 1 saturated heterocycles. The molecule has 1 aromatic heterocycles. The maximum Gasteiger partial charge on any atom is 0.270 e. The molecule has 48 heavy (non-hydrogen) atoms. The molecule has 1 aliphatic heterocycles. The number of carbonyl (C=O) groups excluding carboxylic acids is 3. The number of sulfone groups is 1. The maximum atomic E-state index is 13.6. The summed E-state index contributed by atoms with van der Waals surface area (Å²) in [7, 11) is -3.48. The largest absolute Gasteiger partial charge is 0.377 e. The van der Waals surface area contributed by atoms with Gasteiger partial charge in [-0.3, -0.25) is 14.4 Å². The Labute approximate surface area is 280 Å². The summed E-state index contributed by atoms with van der Waals surface area (Å²) in [4.78, 5) is 45.6. The fourth-order valence-corrected chi connectivity index (χ4v) is 8.33. The van der Waals surface area contributed by atoms with Crippen LogP contribution in [0.25, 0.3) is 17.0 Å². The fraction of sp³-hybridized carbons (Fsp3) is 0.444. The number of hydrogen-bond donors (Lipinski definition) is 2. The molecule has 0 unspecified atom stereocenters. The molecule has 3 amide bonds. The Morgan fingerprint density at radius 1 is 1.04 bits per heavy atom. The fourth-order valence-electron chi connectivity index (χ4n) is 6.44. The van der Waals surface area contributed by atoms with Gasteiger partial charge in [-0.05, 0) is 86.1 Å². The Balaban J connectivity index is 1.12. The van der Waals surface area contributed by atoms with E-state index >= 15 is 0 Å². The van der Waals surface area contributed by atoms with Gasteiger partial charge in [-0.2, -0.15) is 0 Å². The van der Waals surface area contributed by atoms with E-state index in [2.05, 4.69) is 21.7 Å². The monoisotopic (exact) mass is 676 g/mol. The minimum atomic E-state index is -3.48. The molecule has 2 aromatic carbocycles. The molecule has 2 saturated carbocycles. The third-order valence-electron chi connectivity index (χ3n) is 9.41. The number of rotatable bonds is 10. The highest BCUT2D eigenvalue weighted by Gasteiger charge is 2.34. The number of halogens is 1. The van der Waals surface area contributed by atoms with Crippen molar-refractivity contribution in [3.8, 4) is 0 Å². The number of morpholine rings is 1. The van der Waals surface area contributed by atoms with E-state index in [0.29, 0.717) is 34.6 Å². The second kappa shape index (κ2) is 14.5. The highest BCUT2D eigenvalue weighted by atomic mass is 32.2. The molecule has 2 aliphatic carbocycles. The molecule has 3 aliphatic rings. The predicted molar refractivity (Wildman–Crippen MR) is 179 cm³/mol. The summed E-state index contributed by atoms with van der Waals surface area (Å²) in [5.41, 5.74) is 2.04. The summed E-state index contributed by atoms with van der Waals surface area (Å²) in [6.45, 7) is 1.89. The Hall–Kier alpha value is -4.16. The van der Waals surface area contributed by atoms with E-state index in [9.17, 15) is 27.2 Å². The Morgan fingerprint density at radius 2 is 1.83 bits per heavy atom. The van der Waals surface area contributed by atoms with Crippen LogP contribution in [0, 0.1) is 11.7 Å². The average molecular weight is 677 g/mol. The molecule has 3 aromatic rings. The van der Waals surface area contributed by atoms with E-state index in [1.807, 2.05) is 13.0 Å². The van der Waals surface area contributed by atoms with Crippen molar-refractivity contribution in [2.75, 3.05) is 26.3 Å². The van der Waals surface area contributed by atoms with Crippen LogP contribution in [0.4, 0.5) is 4.39 Å². The van der Waals surface area contributed by atoms with Crippen molar-refractivity contribution >= 4 is 44.5 Å². The first kappa shape index (κ1) is 33.7. The molecule has 0 radical (unpaired) electrons. The van der Waals surface area contributed by atoms with E-state index in [1.54, 1.807) is 24.3 Å². The van der Waals surface area contributed by atoms with E-state index in [4.69, 9.17) is 4.74 Å². The van der Waals surface area contributed by atoms with Crippen LogP contribution in [0.3, 0.4) is 0 Å². The van der Waals surface area contributed by atoms with Crippen molar-refractivity contribution in [3.05, 3.63) is 77.2 Å². The molecular weight excluding hydrogens is 635 g/mol. The summed E-state index contributed by atoms with van der Waals surface area (Å²) in [5, 5.41) is 5.76. The zero-order chi connectivity index (χ0) is 33.8. The van der Waals surface area contributed by atoms with Crippen LogP contribution in [-0.2, 0) is 24.2 Å². The summed E-state index contributed by atoms with van der Waals surface area (Å²) in [5.74, 6) is -1.37. The molecule has 12 heteroatoms. The number of nitrogens with zero attached hydrogens (tertiary/aromatic N) is 2. The number of pyridine rings is 1. The summed E-state index contributed by atoms with van der Waals surface area (Å²) in [6, 6.07) is 10.8. The van der Waals surface area contributed by atoms with Gasteiger partial charge >= 0.3 is 0 Å². The van der Waals surface area contributed by atoms with Gasteiger partial charge in [0, 0.05) is 11.9 Å². The molecule has 10 nitrogen and oxygen atoms in total. The van der Waals surface area contributed by atoms with Gasteiger partial charge in [-0.1, -0.05) is 43.5 Å². The van der Waals surface area contributed by atoms with Gasteiger partial charge in [0.05, 0.1) is 41.5 Å². The molecule has 2 heterocycles. The van der Waals surface area contributed by atoms with Gasteiger partial charge in [0.2, 0.25) is 11.8 Å². The SMILES string of the molecule is C[C@H](NC(=O)[C@@H]1COCCN1C(=O)CNC(=O)c1ccc2cc(F)ccc2n1)c1ccc(S(=O)(=O)C2CCCCC2)cc1/C=C/C1CC1. The Bertz CT molecular complexity index is 1840. The number of fused-ring (bicyclic) bond motifs is 1. The van der Waals surface area contributed by atoms with Crippen molar-refractivity contribution in [1.29, 1.82) is 0 Å². The minimum absolute atomic E-state index is 0.00591. The van der Waals surface area contributed by atoms with Gasteiger partial charge in [0.15, 0.2) is 9.84 Å². The number of amides is 3. The second-order valence-corrected chi connectivity index (χ2v) is 15.1. The van der Waals surface area contributed by atoms with Crippen molar-refractivity contribution in [1.82, 2.24) is 20.5 Å². The third kappa shape index (κ3) is 7.76. The van der Waals surface area contributed by atoms with Crippen molar-refractivity contribution in [2.24, 2.45) is 5.92 Å². The zero-order valence-corrected chi connectivity index (χ0v) is 27.8. The summed E-state index contributed by atoms with van der Waals surface area (Å²) < 4.78 is 46.1. The second-order valence-electron chi connectivity index (χ2n) is 12.9. The predicted octanol–water partition coefficient (Wildman–Crippen LogP) is 4.74. The number of ether oxygens (including phenoxy) is 1. The van der Waals surface area contributed by atoms with Crippen molar-refractivity contribution in [3.63, 3.8) is 0 Å². The van der Waals surface area contributed by atoms with Crippen LogP contribution in [-0.4, -0.2) is 73.6 Å². The van der Waals surface area contributed by atoms with E-state index < -0.39 is 45.5 Å². The van der Waals surface area contributed by atoms with E-state index in [0.717, 1.165) is 43.2 Å². The number of allylic oxidation sites excluding steroid dienone is 1. The molecule has 0 spiro atoms. The molecule has 2 atom stereocenters. The quantitative estimate of drug-likeness (QED) is 0.317. The smallest absolute Gasteiger partial charge is 0.270 e. The third-order valence-corrected chi connectivity index (χ3v) is 11.7. The van der Waals surface area contributed by atoms with E-state index in [-0.39, 0.29) is 37.2 Å². The number of benzene rings is 2. The van der Waals surface area contributed by atoms with Gasteiger partial charge in [0.25, 0.3) is 5.91 Å². The minimum Gasteiger partial charge on any atom is -0.377 e. The lowest BCUT2D eigenvalue weighted by Gasteiger charge is -2.35. The first-order valence-electron chi connectivity index (χ1n) is 16.7. The van der Waals surface area contributed by atoms with Crippen LogP contribution in [0.1, 0.15) is 79.5 Å².